The number of hydrogen-bond acceptors (Lipinski definition) is 1. The highest BCUT2D eigenvalue weighted by molar-refractivity contribution is 5.83. The van der Waals surface area contributed by atoms with Crippen molar-refractivity contribution in [3.63, 3.8) is 0 Å². The fraction of sp³-hybridized carbons (Fsp3) is 0.190. The molecular weight excluding hydrogens is 320 g/mol. The largest absolute Gasteiger partial charge is 0.328 e. The summed E-state index contributed by atoms with van der Waals surface area (Å²) in [6.07, 6.45) is 4.48. The highest BCUT2D eigenvalue weighted by Crippen LogP contribution is 2.36. The van der Waals surface area contributed by atoms with E-state index in [1.54, 1.807) is 11.0 Å². The Morgan fingerprint density at radius 3 is 2.68 bits per heavy atom. The summed E-state index contributed by atoms with van der Waals surface area (Å²) in [5, 5.41) is 0. The third kappa shape index (κ3) is 3.68. The van der Waals surface area contributed by atoms with Crippen molar-refractivity contribution in [1.29, 1.82) is 0 Å². The van der Waals surface area contributed by atoms with Crippen LogP contribution in [-0.4, -0.2) is 17.4 Å². The molecule has 1 aliphatic rings. The Hall–Kier alpha value is -2.75. The zero-order valence-electron chi connectivity index (χ0n) is 13.8. The van der Waals surface area contributed by atoms with Crippen molar-refractivity contribution in [2.75, 3.05) is 6.54 Å². The van der Waals surface area contributed by atoms with Crippen LogP contribution in [0, 0.1) is 11.6 Å². The van der Waals surface area contributed by atoms with E-state index < -0.39 is 11.6 Å². The zero-order valence-corrected chi connectivity index (χ0v) is 13.8. The Labute approximate surface area is 146 Å². The van der Waals surface area contributed by atoms with Gasteiger partial charge in [0.15, 0.2) is 0 Å². The maximum atomic E-state index is 14.2. The lowest BCUT2D eigenvalue weighted by Crippen LogP contribution is -2.31. The highest BCUT2D eigenvalue weighted by Gasteiger charge is 2.31. The standard InChI is InChI=1S/C21H19F2NO/c1-2-3-9-21(25)24-14-16(18-13-17(22)10-11-19(18)23)12-20(24)15-7-5-4-6-8-15/h2,4-8,10-13,20H,1,3,9,14H2/t20-/m1/s1. The maximum Gasteiger partial charge on any atom is 0.223 e. The Morgan fingerprint density at radius 2 is 1.96 bits per heavy atom. The van der Waals surface area contributed by atoms with Crippen LogP contribution < -0.4 is 0 Å². The number of benzene rings is 2. The molecule has 0 unspecified atom stereocenters. The van der Waals surface area contributed by atoms with Crippen molar-refractivity contribution in [2.24, 2.45) is 0 Å². The number of rotatable bonds is 5. The number of nitrogens with zero attached hydrogens (tertiary/aromatic N) is 1. The van der Waals surface area contributed by atoms with Gasteiger partial charge in [-0.3, -0.25) is 4.79 Å². The van der Waals surface area contributed by atoms with E-state index in [0.29, 0.717) is 18.4 Å². The molecule has 0 saturated heterocycles. The van der Waals surface area contributed by atoms with Gasteiger partial charge in [0.25, 0.3) is 0 Å². The smallest absolute Gasteiger partial charge is 0.223 e. The van der Waals surface area contributed by atoms with Crippen LogP contribution in [0.5, 0.6) is 0 Å². The summed E-state index contributed by atoms with van der Waals surface area (Å²) in [7, 11) is 0. The molecule has 1 heterocycles. The van der Waals surface area contributed by atoms with Crippen LogP contribution in [0.25, 0.3) is 5.57 Å². The number of halogens is 2. The monoisotopic (exact) mass is 339 g/mol. The summed E-state index contributed by atoms with van der Waals surface area (Å²) >= 11 is 0. The van der Waals surface area contributed by atoms with Gasteiger partial charge < -0.3 is 4.90 Å². The minimum absolute atomic E-state index is 0.0307. The average Bonchev–Trinajstić information content (AvgIpc) is 3.07. The van der Waals surface area contributed by atoms with E-state index in [1.807, 2.05) is 36.4 Å². The number of amides is 1. The molecule has 2 aromatic carbocycles. The van der Waals surface area contributed by atoms with Crippen molar-refractivity contribution in [1.82, 2.24) is 4.90 Å². The number of hydrogen-bond donors (Lipinski definition) is 0. The quantitative estimate of drug-likeness (QED) is 0.710. The topological polar surface area (TPSA) is 20.3 Å². The van der Waals surface area contributed by atoms with Gasteiger partial charge in [-0.15, -0.1) is 6.58 Å². The lowest BCUT2D eigenvalue weighted by Gasteiger charge is -2.25. The number of carbonyl (C=O) groups excluding carboxylic acids is 1. The molecule has 1 atom stereocenters. The summed E-state index contributed by atoms with van der Waals surface area (Å²) in [6.45, 7) is 3.91. The second-order valence-corrected chi connectivity index (χ2v) is 6.02. The van der Waals surface area contributed by atoms with Gasteiger partial charge in [-0.25, -0.2) is 8.78 Å². The van der Waals surface area contributed by atoms with Gasteiger partial charge in [0.2, 0.25) is 5.91 Å². The molecule has 0 saturated carbocycles. The van der Waals surface area contributed by atoms with E-state index >= 15 is 0 Å². The lowest BCUT2D eigenvalue weighted by atomic mass is 10.0. The predicted molar refractivity (Wildman–Crippen MR) is 94.7 cm³/mol. The molecule has 0 N–H and O–H groups in total. The van der Waals surface area contributed by atoms with Crippen LogP contribution in [0.2, 0.25) is 0 Å². The van der Waals surface area contributed by atoms with E-state index in [4.69, 9.17) is 0 Å². The molecule has 2 aromatic rings. The van der Waals surface area contributed by atoms with Crippen molar-refractivity contribution < 1.29 is 13.6 Å². The predicted octanol–water partition coefficient (Wildman–Crippen LogP) is 4.90. The van der Waals surface area contributed by atoms with Gasteiger partial charge in [0.05, 0.1) is 6.04 Å². The second kappa shape index (κ2) is 7.43. The molecule has 0 spiro atoms. The summed E-state index contributed by atoms with van der Waals surface area (Å²) in [4.78, 5) is 14.3. The van der Waals surface area contributed by atoms with Crippen molar-refractivity contribution in [3.8, 4) is 0 Å². The van der Waals surface area contributed by atoms with Crippen LogP contribution in [0.15, 0.2) is 67.3 Å². The van der Waals surface area contributed by atoms with Gasteiger partial charge in [-0.05, 0) is 35.8 Å². The van der Waals surface area contributed by atoms with Crippen molar-refractivity contribution in [2.45, 2.75) is 18.9 Å². The van der Waals surface area contributed by atoms with E-state index in [0.717, 1.165) is 17.7 Å². The Kier molecular flexibility index (Phi) is 5.08. The summed E-state index contributed by atoms with van der Waals surface area (Å²) in [5.41, 5.74) is 1.78. The van der Waals surface area contributed by atoms with Gasteiger partial charge in [0.1, 0.15) is 11.6 Å². The van der Waals surface area contributed by atoms with E-state index in [1.165, 1.54) is 6.07 Å². The Morgan fingerprint density at radius 1 is 1.20 bits per heavy atom. The molecule has 4 heteroatoms. The van der Waals surface area contributed by atoms with Gasteiger partial charge >= 0.3 is 0 Å². The minimum atomic E-state index is -0.495. The van der Waals surface area contributed by atoms with E-state index in [2.05, 4.69) is 6.58 Å². The maximum absolute atomic E-state index is 14.2. The van der Waals surface area contributed by atoms with Crippen LogP contribution in [0.1, 0.15) is 30.0 Å². The molecule has 1 aliphatic heterocycles. The molecular formula is C21H19F2NO. The van der Waals surface area contributed by atoms with Crippen molar-refractivity contribution in [3.05, 3.63) is 90.0 Å². The minimum Gasteiger partial charge on any atom is -0.328 e. The summed E-state index contributed by atoms with van der Waals surface area (Å²) < 4.78 is 27.7. The average molecular weight is 339 g/mol. The molecule has 0 aromatic heterocycles. The summed E-state index contributed by atoms with van der Waals surface area (Å²) in [6, 6.07) is 12.7. The molecule has 1 amide bonds. The molecule has 0 radical (unpaired) electrons. The third-order valence-corrected chi connectivity index (χ3v) is 4.33. The first-order valence-electron chi connectivity index (χ1n) is 8.21. The third-order valence-electron chi connectivity index (χ3n) is 4.33. The molecule has 0 bridgehead atoms. The lowest BCUT2D eigenvalue weighted by molar-refractivity contribution is -0.131. The fourth-order valence-electron chi connectivity index (χ4n) is 3.07. The highest BCUT2D eigenvalue weighted by atomic mass is 19.1. The Balaban J connectivity index is 1.97. The SMILES string of the molecule is C=CCCC(=O)N1CC(c2cc(F)ccc2F)=C[C@@H]1c1ccccc1. The van der Waals surface area contributed by atoms with Crippen LogP contribution in [0.3, 0.4) is 0 Å². The first kappa shape index (κ1) is 17.1. The molecule has 128 valence electrons. The number of allylic oxidation sites excluding steroid dienone is 1. The Bertz CT molecular complexity index is 814. The zero-order chi connectivity index (χ0) is 17.8. The molecule has 25 heavy (non-hydrogen) atoms. The van der Waals surface area contributed by atoms with Gasteiger partial charge in [-0.1, -0.05) is 42.5 Å². The van der Waals surface area contributed by atoms with Gasteiger partial charge in [-0.2, -0.15) is 0 Å². The molecule has 2 nitrogen and oxygen atoms in total. The summed E-state index contributed by atoms with van der Waals surface area (Å²) in [5.74, 6) is -1.01. The fourth-order valence-corrected chi connectivity index (χ4v) is 3.07. The van der Waals surface area contributed by atoms with Crippen LogP contribution in [-0.2, 0) is 4.79 Å². The van der Waals surface area contributed by atoms with Crippen molar-refractivity contribution >= 4 is 11.5 Å². The molecule has 3 rings (SSSR count). The number of carbonyl (C=O) groups is 1. The first-order valence-corrected chi connectivity index (χ1v) is 8.21. The first-order chi connectivity index (χ1) is 12.1. The van der Waals surface area contributed by atoms with Crippen LogP contribution in [0.4, 0.5) is 8.78 Å². The van der Waals surface area contributed by atoms with Gasteiger partial charge in [0, 0.05) is 18.5 Å². The molecule has 0 fully saturated rings. The van der Waals surface area contributed by atoms with Crippen LogP contribution >= 0.6 is 0 Å². The molecule has 0 aliphatic carbocycles. The van der Waals surface area contributed by atoms with E-state index in [-0.39, 0.29) is 24.1 Å². The normalized spacial score (nSPS) is 16.6. The second-order valence-electron chi connectivity index (χ2n) is 6.02. The van der Waals surface area contributed by atoms with E-state index in [9.17, 15) is 13.6 Å².